The summed E-state index contributed by atoms with van der Waals surface area (Å²) >= 11 is 1.53. The Morgan fingerprint density at radius 1 is 1.42 bits per heavy atom. The van der Waals surface area contributed by atoms with Crippen molar-refractivity contribution >= 4 is 28.3 Å². The number of fused-ring (bicyclic) bond motifs is 1. The van der Waals surface area contributed by atoms with Gasteiger partial charge in [0, 0.05) is 11.0 Å². The van der Waals surface area contributed by atoms with Gasteiger partial charge in [0.05, 0.1) is 12.0 Å². The average Bonchev–Trinajstić information content (AvgIpc) is 2.86. The SMILES string of the molecule is CCS/C(C#N)=C(\C)c1cc2cc(OC)ccc2o1. The number of hydrogen-bond donors (Lipinski definition) is 0. The number of nitriles is 1. The molecule has 0 N–H and O–H groups in total. The van der Waals surface area contributed by atoms with Crippen molar-refractivity contribution in [2.24, 2.45) is 0 Å². The van der Waals surface area contributed by atoms with Gasteiger partial charge in [-0.1, -0.05) is 6.92 Å². The summed E-state index contributed by atoms with van der Waals surface area (Å²) in [5.41, 5.74) is 1.68. The van der Waals surface area contributed by atoms with Crippen LogP contribution < -0.4 is 4.74 Å². The lowest BCUT2D eigenvalue weighted by molar-refractivity contribution is 0.415. The molecule has 4 heteroatoms. The monoisotopic (exact) mass is 273 g/mol. The highest BCUT2D eigenvalue weighted by Gasteiger charge is 2.10. The van der Waals surface area contributed by atoms with Gasteiger partial charge >= 0.3 is 0 Å². The van der Waals surface area contributed by atoms with Crippen molar-refractivity contribution < 1.29 is 9.15 Å². The van der Waals surface area contributed by atoms with Crippen molar-refractivity contribution in [3.05, 3.63) is 34.9 Å². The highest BCUT2D eigenvalue weighted by molar-refractivity contribution is 8.03. The van der Waals surface area contributed by atoms with Crippen LogP contribution in [0.15, 0.2) is 33.6 Å². The third-order valence-electron chi connectivity index (χ3n) is 2.82. The van der Waals surface area contributed by atoms with Gasteiger partial charge < -0.3 is 9.15 Å². The minimum atomic E-state index is 0.702. The van der Waals surface area contributed by atoms with Crippen LogP contribution in [0, 0.1) is 11.3 Å². The minimum Gasteiger partial charge on any atom is -0.497 e. The summed E-state index contributed by atoms with van der Waals surface area (Å²) in [5, 5.41) is 10.1. The van der Waals surface area contributed by atoms with Gasteiger partial charge in [-0.15, -0.1) is 11.8 Å². The highest BCUT2D eigenvalue weighted by atomic mass is 32.2. The van der Waals surface area contributed by atoms with E-state index in [9.17, 15) is 0 Å². The van der Waals surface area contributed by atoms with Crippen molar-refractivity contribution in [2.75, 3.05) is 12.9 Å². The zero-order chi connectivity index (χ0) is 13.8. The number of allylic oxidation sites excluding steroid dienone is 2. The fourth-order valence-electron chi connectivity index (χ4n) is 1.81. The molecule has 0 aliphatic heterocycles. The second-order valence-corrected chi connectivity index (χ2v) is 5.29. The van der Waals surface area contributed by atoms with Crippen molar-refractivity contribution in [1.82, 2.24) is 0 Å². The predicted molar refractivity (Wildman–Crippen MR) is 79.1 cm³/mol. The van der Waals surface area contributed by atoms with Crippen molar-refractivity contribution in [3.8, 4) is 11.8 Å². The standard InChI is InChI=1S/C15H15NO2S/c1-4-19-15(9-16)10(2)14-8-11-7-12(17-3)5-6-13(11)18-14/h5-8H,4H2,1-3H3/b15-10+. The Hall–Kier alpha value is -1.86. The summed E-state index contributed by atoms with van der Waals surface area (Å²) in [6.45, 7) is 3.94. The number of nitrogens with zero attached hydrogens (tertiary/aromatic N) is 1. The molecule has 0 saturated carbocycles. The number of ether oxygens (including phenoxy) is 1. The summed E-state index contributed by atoms with van der Waals surface area (Å²) in [6.07, 6.45) is 0. The van der Waals surface area contributed by atoms with Crippen LogP contribution >= 0.6 is 11.8 Å². The molecule has 98 valence electrons. The number of thioether (sulfide) groups is 1. The van der Waals surface area contributed by atoms with E-state index in [0.717, 1.165) is 33.8 Å². The van der Waals surface area contributed by atoms with Crippen LogP contribution in [0.5, 0.6) is 5.75 Å². The quantitative estimate of drug-likeness (QED) is 0.772. The Bertz CT molecular complexity index is 664. The summed E-state index contributed by atoms with van der Waals surface area (Å²) in [4.78, 5) is 0.702. The number of furan rings is 1. The van der Waals surface area contributed by atoms with Crippen LogP contribution in [0.1, 0.15) is 19.6 Å². The Morgan fingerprint density at radius 2 is 2.21 bits per heavy atom. The molecule has 0 atom stereocenters. The second kappa shape index (κ2) is 5.85. The average molecular weight is 273 g/mol. The van der Waals surface area contributed by atoms with E-state index in [1.54, 1.807) is 7.11 Å². The molecule has 0 unspecified atom stereocenters. The van der Waals surface area contributed by atoms with E-state index in [-0.39, 0.29) is 0 Å². The first-order valence-corrected chi connectivity index (χ1v) is 7.00. The summed E-state index contributed by atoms with van der Waals surface area (Å²) in [5.74, 6) is 2.40. The van der Waals surface area contributed by atoms with Crippen molar-refractivity contribution in [2.45, 2.75) is 13.8 Å². The normalized spacial score (nSPS) is 12.1. The van der Waals surface area contributed by atoms with E-state index in [4.69, 9.17) is 14.4 Å². The van der Waals surface area contributed by atoms with Gasteiger partial charge in [-0.05, 0) is 36.9 Å². The van der Waals surface area contributed by atoms with Gasteiger partial charge in [0.25, 0.3) is 0 Å². The van der Waals surface area contributed by atoms with Gasteiger partial charge in [0.2, 0.25) is 0 Å². The molecule has 0 radical (unpaired) electrons. The van der Waals surface area contributed by atoms with E-state index in [1.165, 1.54) is 11.8 Å². The molecular formula is C15H15NO2S. The molecule has 0 saturated heterocycles. The van der Waals surface area contributed by atoms with Gasteiger partial charge in [-0.25, -0.2) is 0 Å². The van der Waals surface area contributed by atoms with Crippen LogP contribution in [0.25, 0.3) is 16.5 Å². The Labute approximate surface area is 116 Å². The zero-order valence-corrected chi connectivity index (χ0v) is 12.0. The first kappa shape index (κ1) is 13.6. The van der Waals surface area contributed by atoms with Crippen LogP contribution in [0.3, 0.4) is 0 Å². The Morgan fingerprint density at radius 3 is 2.84 bits per heavy atom. The smallest absolute Gasteiger partial charge is 0.135 e. The topological polar surface area (TPSA) is 46.2 Å². The maximum atomic E-state index is 9.16. The number of hydrogen-bond acceptors (Lipinski definition) is 4. The Kier molecular flexibility index (Phi) is 4.18. The number of rotatable bonds is 4. The summed E-state index contributed by atoms with van der Waals surface area (Å²) in [7, 11) is 1.64. The van der Waals surface area contributed by atoms with Crippen molar-refractivity contribution in [3.63, 3.8) is 0 Å². The third kappa shape index (κ3) is 2.77. The molecule has 0 amide bonds. The molecule has 1 aromatic heterocycles. The lowest BCUT2D eigenvalue weighted by Crippen LogP contribution is -1.81. The highest BCUT2D eigenvalue weighted by Crippen LogP contribution is 2.31. The van der Waals surface area contributed by atoms with Crippen LogP contribution in [0.4, 0.5) is 0 Å². The van der Waals surface area contributed by atoms with Crippen LogP contribution in [-0.2, 0) is 0 Å². The fraction of sp³-hybridized carbons (Fsp3) is 0.267. The lowest BCUT2D eigenvalue weighted by atomic mass is 10.2. The van der Waals surface area contributed by atoms with Gasteiger partial charge in [-0.2, -0.15) is 5.26 Å². The van der Waals surface area contributed by atoms with E-state index in [2.05, 4.69) is 6.07 Å². The Balaban J connectivity index is 2.49. The number of benzene rings is 1. The maximum Gasteiger partial charge on any atom is 0.135 e. The molecule has 2 aromatic rings. The van der Waals surface area contributed by atoms with Gasteiger partial charge in [-0.3, -0.25) is 0 Å². The zero-order valence-electron chi connectivity index (χ0n) is 11.2. The van der Waals surface area contributed by atoms with E-state index < -0.39 is 0 Å². The first-order valence-electron chi connectivity index (χ1n) is 6.01. The molecular weight excluding hydrogens is 258 g/mol. The molecule has 0 aliphatic rings. The van der Waals surface area contributed by atoms with E-state index in [1.807, 2.05) is 38.1 Å². The second-order valence-electron chi connectivity index (χ2n) is 4.01. The van der Waals surface area contributed by atoms with Crippen LogP contribution in [-0.4, -0.2) is 12.9 Å². The van der Waals surface area contributed by atoms with E-state index >= 15 is 0 Å². The molecule has 3 nitrogen and oxygen atoms in total. The predicted octanol–water partition coefficient (Wildman–Crippen LogP) is 4.45. The minimum absolute atomic E-state index is 0.702. The number of methoxy groups -OCH3 is 1. The first-order chi connectivity index (χ1) is 9.19. The largest absolute Gasteiger partial charge is 0.497 e. The summed E-state index contributed by atoms with van der Waals surface area (Å²) in [6, 6.07) is 9.84. The molecule has 1 aromatic carbocycles. The molecule has 0 fully saturated rings. The van der Waals surface area contributed by atoms with E-state index in [0.29, 0.717) is 4.91 Å². The molecule has 0 bridgehead atoms. The molecule has 0 aliphatic carbocycles. The van der Waals surface area contributed by atoms with Gasteiger partial charge in [0.1, 0.15) is 23.2 Å². The third-order valence-corrected chi connectivity index (χ3v) is 3.80. The van der Waals surface area contributed by atoms with Gasteiger partial charge in [0.15, 0.2) is 0 Å². The van der Waals surface area contributed by atoms with Crippen molar-refractivity contribution in [1.29, 1.82) is 5.26 Å². The summed E-state index contributed by atoms with van der Waals surface area (Å²) < 4.78 is 11.0. The molecule has 1 heterocycles. The lowest BCUT2D eigenvalue weighted by Gasteiger charge is -2.00. The van der Waals surface area contributed by atoms with Crippen LogP contribution in [0.2, 0.25) is 0 Å². The molecule has 19 heavy (non-hydrogen) atoms. The molecule has 2 rings (SSSR count). The molecule has 0 spiro atoms. The fourth-order valence-corrected chi connectivity index (χ4v) is 2.48. The maximum absolute atomic E-state index is 9.16.